The Morgan fingerprint density at radius 1 is 1.47 bits per heavy atom. The van der Waals surface area contributed by atoms with Gasteiger partial charge in [-0.25, -0.2) is 4.79 Å². The Labute approximate surface area is 85.7 Å². The van der Waals surface area contributed by atoms with Gasteiger partial charge in [0.2, 0.25) is 0 Å². The molecule has 6 N–H and O–H groups in total. The maximum Gasteiger partial charge on any atom is 0.366 e. The van der Waals surface area contributed by atoms with Gasteiger partial charge < -0.3 is 11.5 Å². The second-order valence-corrected chi connectivity index (χ2v) is 3.76. The molecular formula is C5H12N2O7S. The van der Waals surface area contributed by atoms with Crippen molar-refractivity contribution >= 4 is 21.9 Å². The van der Waals surface area contributed by atoms with Crippen LogP contribution in [0.3, 0.4) is 0 Å². The first-order chi connectivity index (χ1) is 6.63. The van der Waals surface area contributed by atoms with Gasteiger partial charge in [-0.1, -0.05) is 0 Å². The van der Waals surface area contributed by atoms with Crippen LogP contribution in [0.5, 0.6) is 0 Å². The smallest absolute Gasteiger partial charge is 0.324 e. The zero-order chi connectivity index (χ0) is 12.6. The number of hydrogen-bond donors (Lipinski definition) is 4. The van der Waals surface area contributed by atoms with Crippen LogP contribution in [0.1, 0.15) is 0 Å². The van der Waals surface area contributed by atoms with E-state index in [-0.39, 0.29) is 6.54 Å². The first-order valence-electron chi connectivity index (χ1n) is 3.39. The summed E-state index contributed by atoms with van der Waals surface area (Å²) in [6, 6.07) is -1.48. The molecule has 0 aliphatic rings. The normalized spacial score (nSPS) is 12.1. The maximum absolute atomic E-state index is 10.5. The van der Waals surface area contributed by atoms with E-state index in [0.717, 1.165) is 0 Å². The SMILES string of the molecule is CS(=O)(=O)O.NCC(=O)C(N)C(=O)OO. The molecule has 0 aromatic heterocycles. The van der Waals surface area contributed by atoms with Crippen molar-refractivity contribution in [1.29, 1.82) is 0 Å². The molecule has 15 heavy (non-hydrogen) atoms. The Kier molecular flexibility index (Phi) is 7.91. The van der Waals surface area contributed by atoms with Crippen molar-refractivity contribution in [3.05, 3.63) is 0 Å². The van der Waals surface area contributed by atoms with Crippen LogP contribution in [0.4, 0.5) is 0 Å². The highest BCUT2D eigenvalue weighted by molar-refractivity contribution is 7.85. The van der Waals surface area contributed by atoms with Gasteiger partial charge in [-0.05, 0) is 0 Å². The molecular weight excluding hydrogens is 232 g/mol. The standard InChI is InChI=1S/C4H8N2O4.CH4O3S/c5-1-2(7)3(6)4(8)10-9;1-5(2,3)4/h3,9H,1,5-6H2;1H3,(H,2,3,4). The zero-order valence-electron chi connectivity index (χ0n) is 7.78. The van der Waals surface area contributed by atoms with E-state index in [9.17, 15) is 18.0 Å². The van der Waals surface area contributed by atoms with Crippen molar-refractivity contribution in [2.24, 2.45) is 11.5 Å². The van der Waals surface area contributed by atoms with Crippen molar-refractivity contribution in [2.45, 2.75) is 6.04 Å². The van der Waals surface area contributed by atoms with E-state index in [1.54, 1.807) is 0 Å². The minimum Gasteiger partial charge on any atom is -0.324 e. The monoisotopic (exact) mass is 244 g/mol. The summed E-state index contributed by atoms with van der Waals surface area (Å²) in [6.45, 7) is -0.351. The number of ketones is 1. The lowest BCUT2D eigenvalue weighted by atomic mass is 10.2. The Morgan fingerprint density at radius 2 is 1.80 bits per heavy atom. The van der Waals surface area contributed by atoms with Crippen LogP contribution in [-0.2, 0) is 24.6 Å². The first-order valence-corrected chi connectivity index (χ1v) is 5.24. The summed E-state index contributed by atoms with van der Waals surface area (Å²) in [5.41, 5.74) is 9.76. The molecule has 0 saturated heterocycles. The topological polar surface area (TPSA) is 170 Å². The fourth-order valence-electron chi connectivity index (χ4n) is 0.315. The average Bonchev–Trinajstić information content (AvgIpc) is 2.11. The molecule has 0 aromatic rings. The van der Waals surface area contributed by atoms with Crippen molar-refractivity contribution in [2.75, 3.05) is 12.8 Å². The predicted octanol–water partition coefficient (Wildman–Crippen LogP) is -2.64. The summed E-state index contributed by atoms with van der Waals surface area (Å²) in [4.78, 5) is 23.9. The van der Waals surface area contributed by atoms with Crippen molar-refractivity contribution < 1.29 is 32.7 Å². The van der Waals surface area contributed by atoms with Gasteiger partial charge >= 0.3 is 5.97 Å². The second kappa shape index (κ2) is 7.25. The van der Waals surface area contributed by atoms with Gasteiger partial charge in [0.25, 0.3) is 10.1 Å². The van der Waals surface area contributed by atoms with Crippen molar-refractivity contribution in [3.63, 3.8) is 0 Å². The predicted molar refractivity (Wildman–Crippen MR) is 48.2 cm³/mol. The highest BCUT2D eigenvalue weighted by Crippen LogP contribution is 1.83. The Balaban J connectivity index is 0. The molecule has 10 heteroatoms. The van der Waals surface area contributed by atoms with Crippen LogP contribution >= 0.6 is 0 Å². The number of Topliss-reactive ketones (excluding diaryl/α,β-unsaturated/α-hetero) is 1. The molecule has 0 heterocycles. The molecule has 0 bridgehead atoms. The van der Waals surface area contributed by atoms with Crippen molar-refractivity contribution in [1.82, 2.24) is 0 Å². The Morgan fingerprint density at radius 3 is 2.00 bits per heavy atom. The summed E-state index contributed by atoms with van der Waals surface area (Å²) in [5, 5.41) is 7.73. The minimum atomic E-state index is -3.67. The van der Waals surface area contributed by atoms with Crippen LogP contribution < -0.4 is 11.5 Å². The lowest BCUT2D eigenvalue weighted by molar-refractivity contribution is -0.235. The molecule has 0 rings (SSSR count). The summed E-state index contributed by atoms with van der Waals surface area (Å²) in [6.07, 6.45) is 0.715. The molecule has 1 atom stereocenters. The largest absolute Gasteiger partial charge is 0.366 e. The average molecular weight is 244 g/mol. The van der Waals surface area contributed by atoms with Gasteiger partial charge in [-0.3, -0.25) is 14.2 Å². The molecule has 0 radical (unpaired) electrons. The highest BCUT2D eigenvalue weighted by atomic mass is 32.2. The molecule has 0 spiro atoms. The third kappa shape index (κ3) is 12.9. The van der Waals surface area contributed by atoms with E-state index in [2.05, 4.69) is 4.89 Å². The fourth-order valence-corrected chi connectivity index (χ4v) is 0.315. The molecule has 9 nitrogen and oxygen atoms in total. The van der Waals surface area contributed by atoms with Gasteiger partial charge in [0, 0.05) is 0 Å². The lowest BCUT2D eigenvalue weighted by Crippen LogP contribution is -2.42. The Hall–Kier alpha value is -1.07. The third-order valence-electron chi connectivity index (χ3n) is 0.892. The van der Waals surface area contributed by atoms with E-state index < -0.39 is 27.9 Å². The van der Waals surface area contributed by atoms with Crippen LogP contribution in [0, 0.1) is 0 Å². The van der Waals surface area contributed by atoms with Gasteiger partial charge in [-0.2, -0.15) is 13.7 Å². The van der Waals surface area contributed by atoms with E-state index in [4.69, 9.17) is 21.3 Å². The molecule has 0 aliphatic heterocycles. The number of rotatable bonds is 3. The summed E-state index contributed by atoms with van der Waals surface area (Å²) >= 11 is 0. The zero-order valence-corrected chi connectivity index (χ0v) is 8.60. The van der Waals surface area contributed by atoms with E-state index >= 15 is 0 Å². The number of nitrogens with two attached hydrogens (primary N) is 2. The van der Waals surface area contributed by atoms with Gasteiger partial charge in [0.1, 0.15) is 0 Å². The summed E-state index contributed by atoms with van der Waals surface area (Å²) in [5.74, 6) is -1.88. The quantitative estimate of drug-likeness (QED) is 0.179. The summed E-state index contributed by atoms with van der Waals surface area (Å²) in [7, 11) is -3.67. The second-order valence-electron chi connectivity index (χ2n) is 2.29. The van der Waals surface area contributed by atoms with Crippen LogP contribution in [0.2, 0.25) is 0 Å². The van der Waals surface area contributed by atoms with Gasteiger partial charge in [0.15, 0.2) is 11.8 Å². The van der Waals surface area contributed by atoms with Gasteiger partial charge in [0.05, 0.1) is 12.8 Å². The number of carbonyl (C=O) groups excluding carboxylic acids is 2. The molecule has 90 valence electrons. The number of hydrogen-bond acceptors (Lipinski definition) is 8. The molecule has 0 aliphatic carbocycles. The molecule has 0 saturated carbocycles. The fraction of sp³-hybridized carbons (Fsp3) is 0.600. The molecule has 0 aromatic carbocycles. The molecule has 1 unspecified atom stereocenters. The highest BCUT2D eigenvalue weighted by Gasteiger charge is 2.21. The first kappa shape index (κ1) is 16.4. The molecule has 0 amide bonds. The van der Waals surface area contributed by atoms with Crippen LogP contribution in [0.25, 0.3) is 0 Å². The van der Waals surface area contributed by atoms with Gasteiger partial charge in [-0.15, -0.1) is 0 Å². The van der Waals surface area contributed by atoms with E-state index in [0.29, 0.717) is 6.26 Å². The number of carbonyl (C=O) groups is 2. The summed E-state index contributed by atoms with van der Waals surface area (Å²) < 4.78 is 25.9. The lowest BCUT2D eigenvalue weighted by Gasteiger charge is -2.02. The Bertz CT molecular complexity index is 287. The third-order valence-corrected chi connectivity index (χ3v) is 0.892. The molecule has 0 fully saturated rings. The minimum absolute atomic E-state index is 0.351. The van der Waals surface area contributed by atoms with E-state index in [1.807, 2.05) is 0 Å². The van der Waals surface area contributed by atoms with E-state index in [1.165, 1.54) is 0 Å². The van der Waals surface area contributed by atoms with Crippen molar-refractivity contribution in [3.8, 4) is 0 Å². The van der Waals surface area contributed by atoms with Crippen LogP contribution in [0.15, 0.2) is 0 Å². The maximum atomic E-state index is 10.5. The van der Waals surface area contributed by atoms with Crippen LogP contribution in [-0.4, -0.2) is 48.8 Å².